The molecule has 2 aromatic rings. The van der Waals surface area contributed by atoms with Crippen LogP contribution in [0.4, 0.5) is 11.4 Å². The summed E-state index contributed by atoms with van der Waals surface area (Å²) in [4.78, 5) is 18.3. The molecule has 0 saturated heterocycles. The highest BCUT2D eigenvalue weighted by molar-refractivity contribution is 7.90. The van der Waals surface area contributed by atoms with Crippen molar-refractivity contribution >= 4 is 27.1 Å². The summed E-state index contributed by atoms with van der Waals surface area (Å²) < 4.78 is 23.1. The monoisotopic (exact) mass is 345 g/mol. The molecule has 0 radical (unpaired) electrons. The minimum absolute atomic E-state index is 0.0164. The van der Waals surface area contributed by atoms with Crippen LogP contribution in [0, 0.1) is 0 Å². The molecular weight excluding hydrogens is 326 g/mol. The number of hydrogen-bond donors (Lipinski definition) is 1. The van der Waals surface area contributed by atoms with Gasteiger partial charge in [0.05, 0.1) is 34.2 Å². The number of carbonyl (C=O) groups excluding carboxylic acids is 1. The average Bonchev–Trinajstić information content (AvgIpc) is 2.53. The Morgan fingerprint density at radius 1 is 1.29 bits per heavy atom. The van der Waals surface area contributed by atoms with E-state index in [1.807, 2.05) is 13.0 Å². The number of nitrogens with zero attached hydrogens (tertiary/aromatic N) is 2. The second-order valence-electron chi connectivity index (χ2n) is 6.00. The molecule has 1 aromatic heterocycles. The molecule has 0 aliphatic carbocycles. The smallest absolute Gasteiger partial charge is 0.224 e. The second-order valence-corrected chi connectivity index (χ2v) is 8.02. The minimum atomic E-state index is -3.22. The molecule has 1 aromatic carbocycles. The average molecular weight is 345 g/mol. The molecule has 1 unspecified atom stereocenters. The number of hydrogen-bond acceptors (Lipinski definition) is 5. The van der Waals surface area contributed by atoms with E-state index in [0.717, 1.165) is 22.6 Å². The molecule has 1 aliphatic heterocycles. The van der Waals surface area contributed by atoms with Gasteiger partial charge in [-0.15, -0.1) is 0 Å². The Kier molecular flexibility index (Phi) is 4.04. The Labute approximate surface area is 141 Å². The van der Waals surface area contributed by atoms with Gasteiger partial charge in [0.2, 0.25) is 5.91 Å². The van der Waals surface area contributed by atoms with Gasteiger partial charge in [-0.3, -0.25) is 9.78 Å². The third kappa shape index (κ3) is 2.99. The normalized spacial score (nSPS) is 17.1. The summed E-state index contributed by atoms with van der Waals surface area (Å²) in [6.07, 6.45) is 2.86. The SMILES string of the molecule is CC(=O)N1c2cnc(-c3ccc(S(C)(=O)=O)cc3)cc2NCC1C. The zero-order chi connectivity index (χ0) is 17.5. The Bertz CT molecular complexity index is 892. The molecule has 0 bridgehead atoms. The highest BCUT2D eigenvalue weighted by Crippen LogP contribution is 2.34. The van der Waals surface area contributed by atoms with Crippen molar-refractivity contribution in [2.45, 2.75) is 24.8 Å². The number of pyridine rings is 1. The predicted molar refractivity (Wildman–Crippen MR) is 93.9 cm³/mol. The van der Waals surface area contributed by atoms with Gasteiger partial charge in [-0.25, -0.2) is 8.42 Å². The number of aromatic nitrogens is 1. The maximum absolute atomic E-state index is 11.9. The van der Waals surface area contributed by atoms with Crippen molar-refractivity contribution in [2.24, 2.45) is 0 Å². The lowest BCUT2D eigenvalue weighted by Crippen LogP contribution is -2.44. The molecule has 126 valence electrons. The number of amides is 1. The van der Waals surface area contributed by atoms with Crippen molar-refractivity contribution in [3.05, 3.63) is 36.5 Å². The number of carbonyl (C=O) groups is 1. The number of fused-ring (bicyclic) bond motifs is 1. The third-order valence-corrected chi connectivity index (χ3v) is 5.22. The fourth-order valence-corrected chi connectivity index (χ4v) is 3.51. The predicted octanol–water partition coefficient (Wildman–Crippen LogP) is 2.32. The first kappa shape index (κ1) is 16.4. The fraction of sp³-hybridized carbons (Fsp3) is 0.294. The topological polar surface area (TPSA) is 79.4 Å². The molecule has 24 heavy (non-hydrogen) atoms. The summed E-state index contributed by atoms with van der Waals surface area (Å²) in [5.74, 6) is -0.0164. The van der Waals surface area contributed by atoms with Gasteiger partial charge in [0.15, 0.2) is 9.84 Å². The zero-order valence-electron chi connectivity index (χ0n) is 13.8. The lowest BCUT2D eigenvalue weighted by atomic mass is 10.1. The van der Waals surface area contributed by atoms with Crippen LogP contribution in [0.15, 0.2) is 41.4 Å². The van der Waals surface area contributed by atoms with Crippen LogP contribution in [0.25, 0.3) is 11.3 Å². The maximum Gasteiger partial charge on any atom is 0.224 e. The largest absolute Gasteiger partial charge is 0.381 e. The van der Waals surface area contributed by atoms with Crippen molar-refractivity contribution in [3.63, 3.8) is 0 Å². The Balaban J connectivity index is 1.99. The van der Waals surface area contributed by atoms with Crippen LogP contribution in [-0.2, 0) is 14.6 Å². The Morgan fingerprint density at radius 3 is 2.54 bits per heavy atom. The lowest BCUT2D eigenvalue weighted by molar-refractivity contribution is -0.116. The summed E-state index contributed by atoms with van der Waals surface area (Å²) in [6.45, 7) is 4.20. The van der Waals surface area contributed by atoms with E-state index in [0.29, 0.717) is 6.54 Å². The van der Waals surface area contributed by atoms with E-state index < -0.39 is 9.84 Å². The van der Waals surface area contributed by atoms with Crippen molar-refractivity contribution < 1.29 is 13.2 Å². The Hall–Kier alpha value is -2.41. The number of sulfone groups is 1. The van der Waals surface area contributed by atoms with Crippen molar-refractivity contribution in [1.29, 1.82) is 0 Å². The molecule has 0 saturated carbocycles. The molecule has 7 heteroatoms. The van der Waals surface area contributed by atoms with Gasteiger partial charge in [0.1, 0.15) is 0 Å². The molecule has 3 rings (SSSR count). The van der Waals surface area contributed by atoms with Gasteiger partial charge in [-0.05, 0) is 25.1 Å². The summed E-state index contributed by atoms with van der Waals surface area (Å²) in [7, 11) is -3.22. The number of rotatable bonds is 2. The van der Waals surface area contributed by atoms with E-state index in [4.69, 9.17) is 0 Å². The van der Waals surface area contributed by atoms with E-state index >= 15 is 0 Å². The number of benzene rings is 1. The third-order valence-electron chi connectivity index (χ3n) is 4.09. The van der Waals surface area contributed by atoms with E-state index in [1.54, 1.807) is 42.3 Å². The standard InChI is InChI=1S/C17H19N3O3S/c1-11-9-18-16-8-15(19-10-17(16)20(11)12(2)21)13-4-6-14(7-5-13)24(3,22)23/h4-8,10-11,18H,9H2,1-3H3. The second kappa shape index (κ2) is 5.90. The summed E-state index contributed by atoms with van der Waals surface area (Å²) in [5.41, 5.74) is 3.15. The van der Waals surface area contributed by atoms with Crippen LogP contribution in [0.3, 0.4) is 0 Å². The first-order chi connectivity index (χ1) is 11.3. The van der Waals surface area contributed by atoms with Crippen LogP contribution in [-0.4, -0.2) is 38.2 Å². The minimum Gasteiger partial charge on any atom is -0.381 e. The summed E-state index contributed by atoms with van der Waals surface area (Å²) in [5, 5.41) is 3.31. The van der Waals surface area contributed by atoms with Gasteiger partial charge >= 0.3 is 0 Å². The van der Waals surface area contributed by atoms with Crippen molar-refractivity contribution in [2.75, 3.05) is 23.0 Å². The van der Waals surface area contributed by atoms with Crippen LogP contribution in [0.1, 0.15) is 13.8 Å². The lowest BCUT2D eigenvalue weighted by Gasteiger charge is -2.35. The van der Waals surface area contributed by atoms with Gasteiger partial charge in [0, 0.05) is 25.3 Å². The molecule has 1 atom stereocenters. The number of anilines is 2. The van der Waals surface area contributed by atoms with E-state index in [2.05, 4.69) is 10.3 Å². The molecule has 1 amide bonds. The van der Waals surface area contributed by atoms with Gasteiger partial charge in [-0.1, -0.05) is 12.1 Å². The molecule has 6 nitrogen and oxygen atoms in total. The maximum atomic E-state index is 11.9. The first-order valence-electron chi connectivity index (χ1n) is 7.61. The van der Waals surface area contributed by atoms with Gasteiger partial charge < -0.3 is 10.2 Å². The highest BCUT2D eigenvalue weighted by atomic mass is 32.2. The first-order valence-corrected chi connectivity index (χ1v) is 9.51. The molecule has 0 spiro atoms. The van der Waals surface area contributed by atoms with Crippen LogP contribution in [0.5, 0.6) is 0 Å². The molecule has 2 heterocycles. The molecule has 0 fully saturated rings. The molecular formula is C17H19N3O3S. The number of nitrogens with one attached hydrogen (secondary N) is 1. The van der Waals surface area contributed by atoms with Crippen LogP contribution < -0.4 is 10.2 Å². The van der Waals surface area contributed by atoms with E-state index in [9.17, 15) is 13.2 Å². The highest BCUT2D eigenvalue weighted by Gasteiger charge is 2.26. The van der Waals surface area contributed by atoms with Gasteiger partial charge in [0.25, 0.3) is 0 Å². The van der Waals surface area contributed by atoms with Crippen molar-refractivity contribution in [3.8, 4) is 11.3 Å². The van der Waals surface area contributed by atoms with Crippen molar-refractivity contribution in [1.82, 2.24) is 4.98 Å². The molecule has 1 aliphatic rings. The van der Waals surface area contributed by atoms with E-state index in [-0.39, 0.29) is 16.8 Å². The van der Waals surface area contributed by atoms with Crippen LogP contribution in [0.2, 0.25) is 0 Å². The quantitative estimate of drug-likeness (QED) is 0.903. The Morgan fingerprint density at radius 2 is 1.96 bits per heavy atom. The van der Waals surface area contributed by atoms with E-state index in [1.165, 1.54) is 6.26 Å². The zero-order valence-corrected chi connectivity index (χ0v) is 14.6. The fourth-order valence-electron chi connectivity index (χ4n) is 2.88. The summed E-state index contributed by atoms with van der Waals surface area (Å²) >= 11 is 0. The summed E-state index contributed by atoms with van der Waals surface area (Å²) in [6, 6.07) is 8.56. The molecule has 1 N–H and O–H groups in total. The van der Waals surface area contributed by atoms with Gasteiger partial charge in [-0.2, -0.15) is 0 Å². The van der Waals surface area contributed by atoms with Crippen LogP contribution >= 0.6 is 0 Å².